The highest BCUT2D eigenvalue weighted by atomic mass is 32.2. The Balaban J connectivity index is 1.99. The minimum atomic E-state index is -3.35. The molecule has 0 spiro atoms. The first kappa shape index (κ1) is 16.0. The van der Waals surface area contributed by atoms with Gasteiger partial charge in [-0.05, 0) is 29.0 Å². The van der Waals surface area contributed by atoms with Crippen LogP contribution in [-0.2, 0) is 9.84 Å². The van der Waals surface area contributed by atoms with Crippen molar-refractivity contribution in [1.82, 2.24) is 5.32 Å². The summed E-state index contributed by atoms with van der Waals surface area (Å²) in [5, 5.41) is 12.2. The number of benzene rings is 1. The summed E-state index contributed by atoms with van der Waals surface area (Å²) in [4.78, 5) is 0.220. The SMILES string of the molecule is CC1(C)C(NCCS(=O)(=O)c2cccc(C#N)c2)C1(C)C. The lowest BCUT2D eigenvalue weighted by Crippen LogP contribution is -2.28. The smallest absolute Gasteiger partial charge is 0.179 e. The summed E-state index contributed by atoms with van der Waals surface area (Å²) in [5.41, 5.74) is 0.753. The minimum absolute atomic E-state index is 0.0462. The monoisotopic (exact) mass is 306 g/mol. The molecule has 1 saturated carbocycles. The van der Waals surface area contributed by atoms with Gasteiger partial charge in [-0.15, -0.1) is 0 Å². The van der Waals surface area contributed by atoms with Crippen LogP contribution in [0.4, 0.5) is 0 Å². The lowest BCUT2D eigenvalue weighted by Gasteiger charge is -2.08. The highest BCUT2D eigenvalue weighted by Gasteiger charge is 2.64. The number of nitrogens with zero attached hydrogens (tertiary/aromatic N) is 1. The van der Waals surface area contributed by atoms with E-state index in [0.717, 1.165) is 0 Å². The molecule has 4 nitrogen and oxygen atoms in total. The van der Waals surface area contributed by atoms with Gasteiger partial charge in [0, 0.05) is 12.6 Å². The first-order valence-electron chi connectivity index (χ1n) is 7.09. The van der Waals surface area contributed by atoms with Gasteiger partial charge in [-0.3, -0.25) is 0 Å². The van der Waals surface area contributed by atoms with Crippen molar-refractivity contribution in [3.63, 3.8) is 0 Å². The molecule has 0 aromatic heterocycles. The number of rotatable bonds is 5. The molecule has 0 amide bonds. The van der Waals surface area contributed by atoms with Crippen molar-refractivity contribution in [1.29, 1.82) is 5.26 Å². The fraction of sp³-hybridized carbons (Fsp3) is 0.562. The summed E-state index contributed by atoms with van der Waals surface area (Å²) in [5.74, 6) is 0.0462. The Labute approximate surface area is 127 Å². The third-order valence-corrected chi connectivity index (χ3v) is 6.78. The maximum absolute atomic E-state index is 12.3. The number of sulfone groups is 1. The fourth-order valence-corrected chi connectivity index (χ4v) is 4.14. The van der Waals surface area contributed by atoms with E-state index in [1.165, 1.54) is 6.07 Å². The maximum Gasteiger partial charge on any atom is 0.179 e. The highest BCUT2D eigenvalue weighted by molar-refractivity contribution is 7.91. The largest absolute Gasteiger partial charge is 0.312 e. The number of nitriles is 1. The van der Waals surface area contributed by atoms with E-state index in [1.807, 2.05) is 6.07 Å². The van der Waals surface area contributed by atoms with Crippen molar-refractivity contribution in [3.05, 3.63) is 29.8 Å². The first-order valence-corrected chi connectivity index (χ1v) is 8.74. The molecular weight excluding hydrogens is 284 g/mol. The van der Waals surface area contributed by atoms with Crippen molar-refractivity contribution in [2.45, 2.75) is 38.6 Å². The van der Waals surface area contributed by atoms with Crippen LogP contribution in [0.25, 0.3) is 0 Å². The van der Waals surface area contributed by atoms with Crippen LogP contribution in [0.15, 0.2) is 29.2 Å². The molecule has 21 heavy (non-hydrogen) atoms. The van der Waals surface area contributed by atoms with Crippen molar-refractivity contribution < 1.29 is 8.42 Å². The van der Waals surface area contributed by atoms with E-state index in [-0.39, 0.29) is 21.5 Å². The van der Waals surface area contributed by atoms with Crippen LogP contribution in [0.1, 0.15) is 33.3 Å². The average molecular weight is 306 g/mol. The standard InChI is InChI=1S/C16H22N2O2S/c1-15(2)14(16(15,3)4)18-8-9-21(19,20)13-7-5-6-12(10-13)11-17/h5-7,10,14,18H,8-9H2,1-4H3. The predicted octanol–water partition coefficient (Wildman–Crippen LogP) is 2.36. The molecule has 5 heteroatoms. The fourth-order valence-electron chi connectivity index (χ4n) is 2.92. The molecule has 1 fully saturated rings. The van der Waals surface area contributed by atoms with E-state index >= 15 is 0 Å². The summed E-state index contributed by atoms with van der Waals surface area (Å²) in [7, 11) is -3.35. The molecule has 0 heterocycles. The topological polar surface area (TPSA) is 70.0 Å². The van der Waals surface area contributed by atoms with E-state index < -0.39 is 9.84 Å². The minimum Gasteiger partial charge on any atom is -0.312 e. The Morgan fingerprint density at radius 2 is 1.86 bits per heavy atom. The van der Waals surface area contributed by atoms with Gasteiger partial charge in [-0.25, -0.2) is 8.42 Å². The average Bonchev–Trinajstić information content (AvgIpc) is 2.81. The molecule has 1 N–H and O–H groups in total. The molecule has 0 saturated heterocycles. The van der Waals surface area contributed by atoms with Gasteiger partial charge in [-0.1, -0.05) is 33.8 Å². The van der Waals surface area contributed by atoms with Crippen LogP contribution in [0.3, 0.4) is 0 Å². The van der Waals surface area contributed by atoms with Crippen molar-refractivity contribution >= 4 is 9.84 Å². The van der Waals surface area contributed by atoms with E-state index in [1.54, 1.807) is 18.2 Å². The zero-order valence-corrected chi connectivity index (χ0v) is 13.8. The first-order chi connectivity index (χ1) is 9.63. The molecule has 0 aliphatic heterocycles. The van der Waals surface area contributed by atoms with Gasteiger partial charge in [0.1, 0.15) is 0 Å². The van der Waals surface area contributed by atoms with Crippen molar-refractivity contribution in [3.8, 4) is 6.07 Å². The van der Waals surface area contributed by atoms with Gasteiger partial charge in [0.15, 0.2) is 9.84 Å². The summed E-state index contributed by atoms with van der Waals surface area (Å²) in [6, 6.07) is 8.48. The summed E-state index contributed by atoms with van der Waals surface area (Å²) >= 11 is 0. The van der Waals surface area contributed by atoms with E-state index in [2.05, 4.69) is 33.0 Å². The zero-order valence-electron chi connectivity index (χ0n) is 13.0. The molecule has 0 unspecified atom stereocenters. The number of nitrogens with one attached hydrogen (secondary N) is 1. The molecule has 0 radical (unpaired) electrons. The van der Waals surface area contributed by atoms with E-state index in [0.29, 0.717) is 18.2 Å². The second-order valence-corrected chi connectivity index (χ2v) is 8.90. The molecule has 1 aliphatic rings. The molecular formula is C16H22N2O2S. The summed E-state index contributed by atoms with van der Waals surface area (Å²) in [6.45, 7) is 9.19. The molecule has 2 rings (SSSR count). The molecule has 0 atom stereocenters. The summed E-state index contributed by atoms with van der Waals surface area (Å²) < 4.78 is 24.6. The van der Waals surface area contributed by atoms with Gasteiger partial charge in [0.05, 0.1) is 22.3 Å². The number of hydrogen-bond donors (Lipinski definition) is 1. The Morgan fingerprint density at radius 3 is 2.38 bits per heavy atom. The Hall–Kier alpha value is -1.38. The van der Waals surface area contributed by atoms with Crippen LogP contribution in [0.2, 0.25) is 0 Å². The normalized spacial score (nSPS) is 20.0. The third kappa shape index (κ3) is 2.83. The lowest BCUT2D eigenvalue weighted by molar-refractivity contribution is 0.457. The van der Waals surface area contributed by atoms with Gasteiger partial charge in [0.25, 0.3) is 0 Å². The number of hydrogen-bond acceptors (Lipinski definition) is 4. The van der Waals surface area contributed by atoms with Gasteiger partial charge in [-0.2, -0.15) is 5.26 Å². The van der Waals surface area contributed by atoms with Gasteiger partial charge in [0.2, 0.25) is 0 Å². The third-order valence-electron chi connectivity index (χ3n) is 5.06. The Kier molecular flexibility index (Phi) is 3.90. The van der Waals surface area contributed by atoms with Crippen LogP contribution in [0, 0.1) is 22.2 Å². The van der Waals surface area contributed by atoms with Crippen molar-refractivity contribution in [2.75, 3.05) is 12.3 Å². The predicted molar refractivity (Wildman–Crippen MR) is 82.6 cm³/mol. The maximum atomic E-state index is 12.3. The molecule has 1 aliphatic carbocycles. The lowest BCUT2D eigenvalue weighted by atomic mass is 10.0. The van der Waals surface area contributed by atoms with Crippen molar-refractivity contribution in [2.24, 2.45) is 10.8 Å². The quantitative estimate of drug-likeness (QED) is 0.906. The highest BCUT2D eigenvalue weighted by Crippen LogP contribution is 2.62. The molecule has 1 aromatic rings. The van der Waals surface area contributed by atoms with Gasteiger partial charge >= 0.3 is 0 Å². The summed E-state index contributed by atoms with van der Waals surface area (Å²) in [6.07, 6.45) is 0. The van der Waals surface area contributed by atoms with Crippen LogP contribution in [-0.4, -0.2) is 26.8 Å². The van der Waals surface area contributed by atoms with Crippen LogP contribution in [0.5, 0.6) is 0 Å². The second kappa shape index (κ2) is 5.11. The van der Waals surface area contributed by atoms with E-state index in [4.69, 9.17) is 5.26 Å². The molecule has 1 aromatic carbocycles. The molecule has 0 bridgehead atoms. The van der Waals surface area contributed by atoms with Crippen LogP contribution >= 0.6 is 0 Å². The Bertz CT molecular complexity index is 670. The Morgan fingerprint density at radius 1 is 1.24 bits per heavy atom. The van der Waals surface area contributed by atoms with Crippen LogP contribution < -0.4 is 5.32 Å². The van der Waals surface area contributed by atoms with E-state index in [9.17, 15) is 8.42 Å². The van der Waals surface area contributed by atoms with Gasteiger partial charge < -0.3 is 5.32 Å². The second-order valence-electron chi connectivity index (χ2n) is 6.79. The molecule has 114 valence electrons. The zero-order chi connectivity index (χ0) is 15.9.